The third-order valence-corrected chi connectivity index (χ3v) is 6.74. The average molecular weight is 452 g/mol. The van der Waals surface area contributed by atoms with Crippen molar-refractivity contribution in [2.75, 3.05) is 38.1 Å². The van der Waals surface area contributed by atoms with Crippen LogP contribution >= 0.6 is 0 Å². The summed E-state index contributed by atoms with van der Waals surface area (Å²) in [6.45, 7) is 3.67. The molecule has 2 N–H and O–H groups in total. The second kappa shape index (κ2) is 8.86. The van der Waals surface area contributed by atoms with E-state index in [0.717, 1.165) is 57.3 Å². The Bertz CT molecular complexity index is 1220. The zero-order valence-electron chi connectivity index (χ0n) is 18.4. The number of halogens is 1. The molecule has 5 rings (SSSR count). The highest BCUT2D eigenvalue weighted by Gasteiger charge is 2.33. The fourth-order valence-electron chi connectivity index (χ4n) is 4.93. The van der Waals surface area contributed by atoms with Gasteiger partial charge in [-0.3, -0.25) is 14.5 Å². The minimum Gasteiger partial charge on any atom is -0.368 e. The molecule has 172 valence electrons. The van der Waals surface area contributed by atoms with Crippen LogP contribution in [0.5, 0.6) is 0 Å². The number of hydrogen-bond donors (Lipinski definition) is 2. The second-order valence-electron chi connectivity index (χ2n) is 8.64. The van der Waals surface area contributed by atoms with Crippen LogP contribution in [-0.4, -0.2) is 70.0 Å². The van der Waals surface area contributed by atoms with Crippen molar-refractivity contribution < 1.29 is 9.18 Å². The van der Waals surface area contributed by atoms with Crippen molar-refractivity contribution in [3.8, 4) is 0 Å². The number of rotatable bonds is 4. The molecule has 1 saturated carbocycles. The molecular formula is C23H26FN7O2. The van der Waals surface area contributed by atoms with E-state index in [0.29, 0.717) is 23.2 Å². The maximum absolute atomic E-state index is 13.4. The number of anilines is 1. The van der Waals surface area contributed by atoms with Gasteiger partial charge >= 0.3 is 0 Å². The Morgan fingerprint density at radius 2 is 1.97 bits per heavy atom. The predicted octanol–water partition coefficient (Wildman–Crippen LogP) is 1.67. The summed E-state index contributed by atoms with van der Waals surface area (Å²) in [6, 6.07) is 5.31. The lowest BCUT2D eigenvalue weighted by Crippen LogP contribution is -2.49. The highest BCUT2D eigenvalue weighted by Crippen LogP contribution is 2.36. The first-order valence-electron chi connectivity index (χ1n) is 11.2. The molecular weight excluding hydrogens is 425 g/mol. The predicted molar refractivity (Wildman–Crippen MR) is 122 cm³/mol. The van der Waals surface area contributed by atoms with E-state index >= 15 is 0 Å². The van der Waals surface area contributed by atoms with Gasteiger partial charge in [0.2, 0.25) is 0 Å². The van der Waals surface area contributed by atoms with Crippen molar-refractivity contribution >= 4 is 22.6 Å². The van der Waals surface area contributed by atoms with E-state index in [4.69, 9.17) is 0 Å². The summed E-state index contributed by atoms with van der Waals surface area (Å²) in [5.41, 5.74) is 1.39. The number of aromatic nitrogens is 4. The molecule has 4 heterocycles. The van der Waals surface area contributed by atoms with Gasteiger partial charge in [0, 0.05) is 45.2 Å². The average Bonchev–Trinajstić information content (AvgIpc) is 3.34. The highest BCUT2D eigenvalue weighted by atomic mass is 19.1. The monoisotopic (exact) mass is 451 g/mol. The molecule has 33 heavy (non-hydrogen) atoms. The topological polar surface area (TPSA) is 107 Å². The summed E-state index contributed by atoms with van der Waals surface area (Å²) < 4.78 is 13.4. The lowest BCUT2D eigenvalue weighted by atomic mass is 10.1. The number of H-pyrrole nitrogens is 1. The van der Waals surface area contributed by atoms with E-state index in [-0.39, 0.29) is 22.8 Å². The standard InChI is InChI=1S/C23H26FN7O2/c1-25-23(33)19-5-4-17(13-26-19)31-8-6-30(7-9-31)16-3-2-14(10-16)20-28-21-18(22(32)29-20)11-15(24)12-27-21/h4-5,11-14,16H,2-3,6-10H2,1H3,(H,25,33)(H,27,28,29,32)/t14?,16-/m1/s1. The molecule has 2 aliphatic rings. The zero-order chi connectivity index (χ0) is 22.9. The Labute approximate surface area is 190 Å². The molecule has 1 amide bonds. The Hall–Kier alpha value is -3.40. The SMILES string of the molecule is CNC(=O)c1ccc(N2CCN([C@@H]3CCC(c4nc5ncc(F)cc5c(=O)[nH]4)C3)CC2)cn1. The van der Waals surface area contributed by atoms with Crippen LogP contribution in [0.1, 0.15) is 41.5 Å². The third-order valence-electron chi connectivity index (χ3n) is 6.74. The van der Waals surface area contributed by atoms with E-state index < -0.39 is 5.82 Å². The van der Waals surface area contributed by atoms with Crippen LogP contribution in [0.4, 0.5) is 10.1 Å². The first-order valence-corrected chi connectivity index (χ1v) is 11.2. The first kappa shape index (κ1) is 21.4. The highest BCUT2D eigenvalue weighted by molar-refractivity contribution is 5.92. The van der Waals surface area contributed by atoms with Crippen molar-refractivity contribution in [2.45, 2.75) is 31.2 Å². The van der Waals surface area contributed by atoms with Crippen LogP contribution < -0.4 is 15.8 Å². The first-order chi connectivity index (χ1) is 16.0. The minimum absolute atomic E-state index is 0.165. The van der Waals surface area contributed by atoms with E-state index in [1.54, 1.807) is 19.3 Å². The molecule has 2 fully saturated rings. The van der Waals surface area contributed by atoms with Gasteiger partial charge in [-0.15, -0.1) is 0 Å². The number of amides is 1. The van der Waals surface area contributed by atoms with Gasteiger partial charge in [-0.25, -0.2) is 19.3 Å². The zero-order valence-corrected chi connectivity index (χ0v) is 18.4. The van der Waals surface area contributed by atoms with Crippen LogP contribution in [0.2, 0.25) is 0 Å². The molecule has 0 bridgehead atoms. The van der Waals surface area contributed by atoms with Gasteiger partial charge in [0.15, 0.2) is 5.65 Å². The third kappa shape index (κ3) is 4.30. The number of hydrogen-bond acceptors (Lipinski definition) is 7. The van der Waals surface area contributed by atoms with Crippen molar-refractivity contribution in [3.05, 3.63) is 58.3 Å². The van der Waals surface area contributed by atoms with E-state index in [1.807, 2.05) is 6.07 Å². The number of nitrogens with one attached hydrogen (secondary N) is 2. The summed E-state index contributed by atoms with van der Waals surface area (Å²) in [4.78, 5) is 44.5. The molecule has 9 nitrogen and oxygen atoms in total. The molecule has 1 unspecified atom stereocenters. The van der Waals surface area contributed by atoms with Crippen molar-refractivity contribution in [2.24, 2.45) is 0 Å². The lowest BCUT2D eigenvalue weighted by molar-refractivity contribution is 0.0958. The van der Waals surface area contributed by atoms with Crippen LogP contribution in [0.25, 0.3) is 11.0 Å². The summed E-state index contributed by atoms with van der Waals surface area (Å²) in [5, 5.41) is 2.76. The molecule has 0 radical (unpaired) electrons. The summed E-state index contributed by atoms with van der Waals surface area (Å²) in [7, 11) is 1.59. The molecule has 3 aromatic heterocycles. The maximum Gasteiger partial charge on any atom is 0.269 e. The molecule has 1 aliphatic carbocycles. The fraction of sp³-hybridized carbons (Fsp3) is 0.435. The van der Waals surface area contributed by atoms with Crippen molar-refractivity contribution in [1.29, 1.82) is 0 Å². The quantitative estimate of drug-likeness (QED) is 0.621. The molecule has 0 aromatic carbocycles. The normalized spacial score (nSPS) is 21.5. The molecule has 1 saturated heterocycles. The summed E-state index contributed by atoms with van der Waals surface area (Å²) in [6.07, 6.45) is 5.78. The molecule has 1 aliphatic heterocycles. The van der Waals surface area contributed by atoms with Crippen molar-refractivity contribution in [1.82, 2.24) is 30.2 Å². The number of aromatic amines is 1. The second-order valence-corrected chi connectivity index (χ2v) is 8.64. The van der Waals surface area contributed by atoms with Gasteiger partial charge in [0.25, 0.3) is 11.5 Å². The smallest absolute Gasteiger partial charge is 0.269 e. The molecule has 0 spiro atoms. The number of pyridine rings is 2. The Kier molecular flexibility index (Phi) is 5.76. The van der Waals surface area contributed by atoms with Gasteiger partial charge in [-0.2, -0.15) is 0 Å². The van der Waals surface area contributed by atoms with E-state index in [1.165, 1.54) is 6.07 Å². The fourth-order valence-corrected chi connectivity index (χ4v) is 4.93. The van der Waals surface area contributed by atoms with Gasteiger partial charge in [-0.05, 0) is 37.5 Å². The number of nitrogens with zero attached hydrogens (tertiary/aromatic N) is 5. The van der Waals surface area contributed by atoms with Crippen LogP contribution in [-0.2, 0) is 0 Å². The molecule has 2 atom stereocenters. The Morgan fingerprint density at radius 3 is 2.70 bits per heavy atom. The summed E-state index contributed by atoms with van der Waals surface area (Å²) >= 11 is 0. The van der Waals surface area contributed by atoms with Crippen LogP contribution in [0, 0.1) is 5.82 Å². The number of carbonyl (C=O) groups is 1. The minimum atomic E-state index is -0.541. The largest absolute Gasteiger partial charge is 0.368 e. The molecule has 3 aromatic rings. The van der Waals surface area contributed by atoms with Crippen molar-refractivity contribution in [3.63, 3.8) is 0 Å². The summed E-state index contributed by atoms with van der Waals surface area (Å²) in [5.74, 6) is 0.0848. The Morgan fingerprint density at radius 1 is 1.15 bits per heavy atom. The Balaban J connectivity index is 1.21. The number of piperazine rings is 1. The number of fused-ring (bicyclic) bond motifs is 1. The van der Waals surface area contributed by atoms with Gasteiger partial charge < -0.3 is 15.2 Å². The van der Waals surface area contributed by atoms with Gasteiger partial charge in [-0.1, -0.05) is 0 Å². The number of carbonyl (C=O) groups excluding carboxylic acids is 1. The van der Waals surface area contributed by atoms with E-state index in [2.05, 4.69) is 35.1 Å². The maximum atomic E-state index is 13.4. The molecule has 10 heteroatoms. The lowest BCUT2D eigenvalue weighted by Gasteiger charge is -2.39. The van der Waals surface area contributed by atoms with Crippen LogP contribution in [0.3, 0.4) is 0 Å². The van der Waals surface area contributed by atoms with Gasteiger partial charge in [0.1, 0.15) is 17.3 Å². The van der Waals surface area contributed by atoms with E-state index in [9.17, 15) is 14.0 Å². The van der Waals surface area contributed by atoms with Crippen LogP contribution in [0.15, 0.2) is 35.4 Å². The van der Waals surface area contributed by atoms with Gasteiger partial charge in [0.05, 0.1) is 23.5 Å².